The standard InChI is InChI=1S/C30H31FN2O3/c1-19(33-36-18-20-8-6-11-23(31)14-20)21-9-7-10-22(15-21)30-26-17-29(35-3)28(34-2)16-25(26)24-12-4-5-13-27(24)32-30/h6-11,14-17,24,27H,4-5,12-13,18H2,1-3H3/t24-,27-/m1/s1. The van der Waals surface area contributed by atoms with Gasteiger partial charge in [-0.1, -0.05) is 48.3 Å². The molecule has 0 bridgehead atoms. The first-order chi connectivity index (χ1) is 17.6. The molecule has 2 aliphatic rings. The third-order valence-corrected chi connectivity index (χ3v) is 7.11. The lowest BCUT2D eigenvalue weighted by Gasteiger charge is -2.35. The lowest BCUT2D eigenvalue weighted by Crippen LogP contribution is -2.29. The topological polar surface area (TPSA) is 52.4 Å². The van der Waals surface area contributed by atoms with E-state index in [4.69, 9.17) is 19.3 Å². The van der Waals surface area contributed by atoms with Crippen molar-refractivity contribution >= 4 is 11.4 Å². The van der Waals surface area contributed by atoms with E-state index in [-0.39, 0.29) is 18.5 Å². The van der Waals surface area contributed by atoms with Gasteiger partial charge in [-0.2, -0.15) is 0 Å². The summed E-state index contributed by atoms with van der Waals surface area (Å²) in [6, 6.07) is 19.0. The molecule has 0 aromatic heterocycles. The van der Waals surface area contributed by atoms with Crippen LogP contribution in [0, 0.1) is 5.82 Å². The molecule has 1 heterocycles. The van der Waals surface area contributed by atoms with Gasteiger partial charge in [0.05, 0.1) is 31.7 Å². The predicted octanol–water partition coefficient (Wildman–Crippen LogP) is 6.66. The minimum Gasteiger partial charge on any atom is -0.493 e. The molecule has 0 amide bonds. The molecular weight excluding hydrogens is 455 g/mol. The van der Waals surface area contributed by atoms with Crippen LogP contribution in [0.25, 0.3) is 0 Å². The summed E-state index contributed by atoms with van der Waals surface area (Å²) >= 11 is 0. The number of nitrogens with zero attached hydrogens (tertiary/aromatic N) is 2. The number of oxime groups is 1. The Bertz CT molecular complexity index is 1320. The minimum atomic E-state index is -0.285. The number of hydrogen-bond acceptors (Lipinski definition) is 5. The SMILES string of the molecule is COc1cc2c(cc1OC)[C@H]1CCCC[C@H]1N=C2c1cccc(C(C)=NOCc2cccc(F)c2)c1. The number of rotatable bonds is 7. The predicted molar refractivity (Wildman–Crippen MR) is 140 cm³/mol. The van der Waals surface area contributed by atoms with Gasteiger partial charge in [-0.05, 0) is 66.8 Å². The number of halogens is 1. The lowest BCUT2D eigenvalue weighted by molar-refractivity contribution is 0.130. The molecule has 0 N–H and O–H groups in total. The zero-order chi connectivity index (χ0) is 25.1. The van der Waals surface area contributed by atoms with Gasteiger partial charge in [-0.25, -0.2) is 4.39 Å². The van der Waals surface area contributed by atoms with Gasteiger partial charge in [0, 0.05) is 17.0 Å². The fraction of sp³-hybridized carbons (Fsp3) is 0.333. The Morgan fingerprint density at radius 3 is 2.56 bits per heavy atom. The van der Waals surface area contributed by atoms with E-state index in [2.05, 4.69) is 29.4 Å². The molecule has 1 aliphatic heterocycles. The van der Waals surface area contributed by atoms with Crippen molar-refractivity contribution in [1.29, 1.82) is 0 Å². The Hall–Kier alpha value is -3.67. The van der Waals surface area contributed by atoms with Crippen LogP contribution in [-0.4, -0.2) is 31.7 Å². The van der Waals surface area contributed by atoms with Crippen molar-refractivity contribution in [2.24, 2.45) is 10.1 Å². The Kier molecular flexibility index (Phi) is 7.03. The van der Waals surface area contributed by atoms with Crippen molar-refractivity contribution in [3.05, 3.63) is 94.3 Å². The molecule has 6 heteroatoms. The quantitative estimate of drug-likeness (QED) is 0.277. The molecule has 186 valence electrons. The highest BCUT2D eigenvalue weighted by molar-refractivity contribution is 6.16. The number of fused-ring (bicyclic) bond motifs is 3. The Balaban J connectivity index is 1.46. The summed E-state index contributed by atoms with van der Waals surface area (Å²) in [4.78, 5) is 10.8. The van der Waals surface area contributed by atoms with Crippen LogP contribution < -0.4 is 9.47 Å². The van der Waals surface area contributed by atoms with E-state index in [1.807, 2.05) is 25.1 Å². The van der Waals surface area contributed by atoms with E-state index < -0.39 is 0 Å². The average Bonchev–Trinajstić information content (AvgIpc) is 2.91. The number of hydrogen-bond donors (Lipinski definition) is 0. The van der Waals surface area contributed by atoms with Gasteiger partial charge in [0.25, 0.3) is 0 Å². The summed E-state index contributed by atoms with van der Waals surface area (Å²) in [5.74, 6) is 1.58. The maximum atomic E-state index is 13.4. The number of aliphatic imine (C=N–C) groups is 1. The monoisotopic (exact) mass is 486 g/mol. The second kappa shape index (κ2) is 10.5. The van der Waals surface area contributed by atoms with Crippen LogP contribution in [0.4, 0.5) is 4.39 Å². The van der Waals surface area contributed by atoms with E-state index in [0.717, 1.165) is 52.3 Å². The molecule has 2 atom stereocenters. The van der Waals surface area contributed by atoms with E-state index in [1.165, 1.54) is 30.5 Å². The van der Waals surface area contributed by atoms with Crippen molar-refractivity contribution in [1.82, 2.24) is 0 Å². The van der Waals surface area contributed by atoms with Crippen LogP contribution in [0.1, 0.15) is 66.3 Å². The molecule has 1 fully saturated rings. The molecular formula is C30H31FN2O3. The highest BCUT2D eigenvalue weighted by Gasteiger charge is 2.34. The van der Waals surface area contributed by atoms with E-state index in [9.17, 15) is 4.39 Å². The van der Waals surface area contributed by atoms with E-state index in [0.29, 0.717) is 11.7 Å². The van der Waals surface area contributed by atoms with Crippen molar-refractivity contribution in [2.75, 3.05) is 14.2 Å². The third-order valence-electron chi connectivity index (χ3n) is 7.11. The lowest BCUT2D eigenvalue weighted by atomic mass is 9.75. The summed E-state index contributed by atoms with van der Waals surface area (Å²) in [5, 5.41) is 4.28. The molecule has 0 unspecified atom stereocenters. The fourth-order valence-electron chi connectivity index (χ4n) is 5.28. The zero-order valence-electron chi connectivity index (χ0n) is 21.0. The fourth-order valence-corrected chi connectivity index (χ4v) is 5.28. The van der Waals surface area contributed by atoms with Gasteiger partial charge < -0.3 is 14.3 Å². The summed E-state index contributed by atoms with van der Waals surface area (Å²) in [5.41, 5.74) is 6.82. The summed E-state index contributed by atoms with van der Waals surface area (Å²) in [6.07, 6.45) is 4.66. The molecule has 1 saturated carbocycles. The maximum absolute atomic E-state index is 13.4. The van der Waals surface area contributed by atoms with E-state index >= 15 is 0 Å². The van der Waals surface area contributed by atoms with Crippen LogP contribution in [-0.2, 0) is 11.4 Å². The second-order valence-electron chi connectivity index (χ2n) is 9.39. The Labute approximate surface area is 211 Å². The van der Waals surface area contributed by atoms with Gasteiger partial charge in [0.15, 0.2) is 11.5 Å². The highest BCUT2D eigenvalue weighted by Crippen LogP contribution is 2.44. The van der Waals surface area contributed by atoms with Gasteiger partial charge in [0.2, 0.25) is 0 Å². The van der Waals surface area contributed by atoms with Crippen LogP contribution >= 0.6 is 0 Å². The largest absolute Gasteiger partial charge is 0.493 e. The first kappa shape index (κ1) is 24.0. The van der Waals surface area contributed by atoms with Crippen LogP contribution in [0.3, 0.4) is 0 Å². The highest BCUT2D eigenvalue weighted by atomic mass is 19.1. The zero-order valence-corrected chi connectivity index (χ0v) is 21.0. The third kappa shape index (κ3) is 4.85. The van der Waals surface area contributed by atoms with Gasteiger partial charge >= 0.3 is 0 Å². The molecule has 3 aromatic rings. The van der Waals surface area contributed by atoms with Crippen molar-refractivity contribution in [3.63, 3.8) is 0 Å². The van der Waals surface area contributed by atoms with Crippen LogP contribution in [0.2, 0.25) is 0 Å². The maximum Gasteiger partial charge on any atom is 0.161 e. The summed E-state index contributed by atoms with van der Waals surface area (Å²) in [6.45, 7) is 2.12. The molecule has 1 aliphatic carbocycles. The molecule has 36 heavy (non-hydrogen) atoms. The number of benzene rings is 3. The van der Waals surface area contributed by atoms with Gasteiger partial charge in [0.1, 0.15) is 12.4 Å². The molecule has 3 aromatic carbocycles. The minimum absolute atomic E-state index is 0.208. The molecule has 0 spiro atoms. The molecule has 0 saturated heterocycles. The number of ether oxygens (including phenoxy) is 2. The van der Waals surface area contributed by atoms with Gasteiger partial charge in [-0.15, -0.1) is 0 Å². The van der Waals surface area contributed by atoms with Crippen molar-refractivity contribution in [3.8, 4) is 11.5 Å². The van der Waals surface area contributed by atoms with Gasteiger partial charge in [-0.3, -0.25) is 4.99 Å². The number of methoxy groups -OCH3 is 2. The molecule has 0 radical (unpaired) electrons. The molecule has 5 nitrogen and oxygen atoms in total. The van der Waals surface area contributed by atoms with E-state index in [1.54, 1.807) is 20.3 Å². The Morgan fingerprint density at radius 1 is 0.972 bits per heavy atom. The molecule has 5 rings (SSSR count). The average molecular weight is 487 g/mol. The Morgan fingerprint density at radius 2 is 1.75 bits per heavy atom. The normalized spacial score (nSPS) is 19.1. The summed E-state index contributed by atoms with van der Waals surface area (Å²) < 4.78 is 24.7. The van der Waals surface area contributed by atoms with Crippen LogP contribution in [0.15, 0.2) is 70.8 Å². The second-order valence-corrected chi connectivity index (χ2v) is 9.39. The summed E-state index contributed by atoms with van der Waals surface area (Å²) in [7, 11) is 3.35. The smallest absolute Gasteiger partial charge is 0.161 e. The van der Waals surface area contributed by atoms with Crippen LogP contribution in [0.5, 0.6) is 11.5 Å². The van der Waals surface area contributed by atoms with Crippen molar-refractivity contribution < 1.29 is 18.7 Å². The first-order valence-corrected chi connectivity index (χ1v) is 12.4. The first-order valence-electron chi connectivity index (χ1n) is 12.4. The van der Waals surface area contributed by atoms with Crippen molar-refractivity contribution in [2.45, 2.75) is 51.2 Å².